The highest BCUT2D eigenvalue weighted by Crippen LogP contribution is 2.16. The van der Waals surface area contributed by atoms with Crippen LogP contribution in [0.1, 0.15) is 26.2 Å². The van der Waals surface area contributed by atoms with Crippen LogP contribution in [0.5, 0.6) is 0 Å². The number of rotatable bonds is 5. The molecule has 17 heavy (non-hydrogen) atoms. The zero-order chi connectivity index (χ0) is 12.8. The van der Waals surface area contributed by atoms with Gasteiger partial charge in [-0.25, -0.2) is 8.78 Å². The molecule has 0 saturated carbocycles. The van der Waals surface area contributed by atoms with Crippen molar-refractivity contribution in [2.75, 3.05) is 5.32 Å². The molecule has 0 fully saturated rings. The lowest BCUT2D eigenvalue weighted by atomic mass is 10.1. The van der Waals surface area contributed by atoms with Crippen molar-refractivity contribution in [2.24, 2.45) is 5.73 Å². The summed E-state index contributed by atoms with van der Waals surface area (Å²) < 4.78 is 26.1. The maximum Gasteiger partial charge on any atom is 0.241 e. The number of nitrogens with two attached hydrogens (primary N) is 1. The number of amides is 1. The molecule has 0 aliphatic rings. The van der Waals surface area contributed by atoms with Crippen LogP contribution in [0.2, 0.25) is 0 Å². The number of unbranched alkanes of at least 4 members (excludes halogenated alkanes) is 1. The molecule has 0 saturated heterocycles. The summed E-state index contributed by atoms with van der Waals surface area (Å²) in [7, 11) is 0. The number of halogens is 2. The maximum atomic E-state index is 13.2. The van der Waals surface area contributed by atoms with Crippen molar-refractivity contribution in [2.45, 2.75) is 32.2 Å². The molecule has 0 aliphatic carbocycles. The largest absolute Gasteiger partial charge is 0.322 e. The Morgan fingerprint density at radius 1 is 1.47 bits per heavy atom. The Morgan fingerprint density at radius 3 is 2.82 bits per heavy atom. The van der Waals surface area contributed by atoms with E-state index in [4.69, 9.17) is 5.73 Å². The van der Waals surface area contributed by atoms with Crippen LogP contribution in [-0.2, 0) is 4.79 Å². The fourth-order valence-electron chi connectivity index (χ4n) is 1.38. The summed E-state index contributed by atoms with van der Waals surface area (Å²) in [5, 5.41) is 2.28. The molecule has 0 bridgehead atoms. The molecule has 0 aromatic heterocycles. The van der Waals surface area contributed by atoms with E-state index < -0.39 is 23.6 Å². The summed E-state index contributed by atoms with van der Waals surface area (Å²) in [6, 6.07) is 2.91. The van der Waals surface area contributed by atoms with E-state index in [2.05, 4.69) is 5.32 Å². The van der Waals surface area contributed by atoms with Gasteiger partial charge in [-0.3, -0.25) is 4.79 Å². The average Bonchev–Trinajstić information content (AvgIpc) is 2.31. The molecule has 1 aromatic carbocycles. The van der Waals surface area contributed by atoms with E-state index in [1.54, 1.807) is 0 Å². The molecular weight excluding hydrogens is 226 g/mol. The van der Waals surface area contributed by atoms with Gasteiger partial charge in [0.2, 0.25) is 5.91 Å². The SMILES string of the molecule is CCCCC(N)C(=O)Nc1cccc(F)c1F. The smallest absolute Gasteiger partial charge is 0.241 e. The Bertz CT molecular complexity index is 396. The van der Waals surface area contributed by atoms with Gasteiger partial charge < -0.3 is 11.1 Å². The molecule has 1 atom stereocenters. The summed E-state index contributed by atoms with van der Waals surface area (Å²) in [4.78, 5) is 11.6. The van der Waals surface area contributed by atoms with Crippen LogP contribution < -0.4 is 11.1 Å². The van der Waals surface area contributed by atoms with Gasteiger partial charge in [0.05, 0.1) is 11.7 Å². The van der Waals surface area contributed by atoms with E-state index in [1.807, 2.05) is 6.92 Å². The first-order valence-corrected chi connectivity index (χ1v) is 5.56. The summed E-state index contributed by atoms with van der Waals surface area (Å²) in [6.07, 6.45) is 2.27. The van der Waals surface area contributed by atoms with E-state index in [1.165, 1.54) is 12.1 Å². The van der Waals surface area contributed by atoms with E-state index in [-0.39, 0.29) is 5.69 Å². The second-order valence-electron chi connectivity index (χ2n) is 3.84. The first-order chi connectivity index (χ1) is 8.06. The number of carbonyl (C=O) groups is 1. The van der Waals surface area contributed by atoms with E-state index in [0.717, 1.165) is 18.9 Å². The predicted molar refractivity (Wildman–Crippen MR) is 62.5 cm³/mol. The number of hydrogen-bond acceptors (Lipinski definition) is 2. The van der Waals surface area contributed by atoms with Gasteiger partial charge in [0.15, 0.2) is 11.6 Å². The molecule has 1 amide bonds. The van der Waals surface area contributed by atoms with Crippen LogP contribution in [-0.4, -0.2) is 11.9 Å². The molecule has 0 radical (unpaired) electrons. The van der Waals surface area contributed by atoms with Crippen molar-refractivity contribution in [1.82, 2.24) is 0 Å². The molecule has 0 spiro atoms. The van der Waals surface area contributed by atoms with Crippen molar-refractivity contribution in [3.05, 3.63) is 29.8 Å². The summed E-state index contributed by atoms with van der Waals surface area (Å²) in [6.45, 7) is 1.98. The number of nitrogens with one attached hydrogen (secondary N) is 1. The van der Waals surface area contributed by atoms with Crippen molar-refractivity contribution in [3.8, 4) is 0 Å². The molecular formula is C12H16F2N2O. The van der Waals surface area contributed by atoms with Gasteiger partial charge in [-0.1, -0.05) is 25.8 Å². The van der Waals surface area contributed by atoms with E-state index in [0.29, 0.717) is 6.42 Å². The third kappa shape index (κ3) is 3.78. The lowest BCUT2D eigenvalue weighted by Crippen LogP contribution is -2.35. The molecule has 1 rings (SSSR count). The molecule has 3 N–H and O–H groups in total. The third-order valence-electron chi connectivity index (χ3n) is 2.41. The van der Waals surface area contributed by atoms with Gasteiger partial charge in [0, 0.05) is 0 Å². The standard InChI is InChI=1S/C12H16F2N2O/c1-2-3-6-9(15)12(17)16-10-7-4-5-8(13)11(10)14/h4-5,7,9H,2-3,6,15H2,1H3,(H,16,17). The zero-order valence-corrected chi connectivity index (χ0v) is 9.67. The van der Waals surface area contributed by atoms with Crippen molar-refractivity contribution in [3.63, 3.8) is 0 Å². The first kappa shape index (κ1) is 13.6. The number of benzene rings is 1. The highest BCUT2D eigenvalue weighted by Gasteiger charge is 2.15. The third-order valence-corrected chi connectivity index (χ3v) is 2.41. The zero-order valence-electron chi connectivity index (χ0n) is 9.67. The van der Waals surface area contributed by atoms with Gasteiger partial charge in [-0.15, -0.1) is 0 Å². The monoisotopic (exact) mass is 242 g/mol. The fourth-order valence-corrected chi connectivity index (χ4v) is 1.38. The average molecular weight is 242 g/mol. The highest BCUT2D eigenvalue weighted by atomic mass is 19.2. The highest BCUT2D eigenvalue weighted by molar-refractivity contribution is 5.94. The van der Waals surface area contributed by atoms with Crippen LogP contribution in [0.3, 0.4) is 0 Å². The molecule has 5 heteroatoms. The Kier molecular flexibility index (Phi) is 5.03. The van der Waals surface area contributed by atoms with Gasteiger partial charge in [-0.05, 0) is 18.6 Å². The van der Waals surface area contributed by atoms with E-state index in [9.17, 15) is 13.6 Å². The summed E-state index contributed by atoms with van der Waals surface area (Å²) in [5.74, 6) is -2.56. The lowest BCUT2D eigenvalue weighted by Gasteiger charge is -2.12. The molecule has 1 aromatic rings. The summed E-state index contributed by atoms with van der Waals surface area (Å²) >= 11 is 0. The van der Waals surface area contributed by atoms with Gasteiger partial charge in [0.1, 0.15) is 0 Å². The Morgan fingerprint density at radius 2 is 2.18 bits per heavy atom. The summed E-state index contributed by atoms with van der Waals surface area (Å²) in [5.41, 5.74) is 5.43. The second kappa shape index (κ2) is 6.30. The Labute approximate surface area is 99.0 Å². The van der Waals surface area contributed by atoms with E-state index >= 15 is 0 Å². The van der Waals surface area contributed by atoms with Crippen LogP contribution in [0.25, 0.3) is 0 Å². The van der Waals surface area contributed by atoms with Gasteiger partial charge in [0.25, 0.3) is 0 Å². The maximum absolute atomic E-state index is 13.2. The van der Waals surface area contributed by atoms with Crippen LogP contribution in [0, 0.1) is 11.6 Å². The molecule has 1 unspecified atom stereocenters. The Hall–Kier alpha value is -1.49. The van der Waals surface area contributed by atoms with Gasteiger partial charge >= 0.3 is 0 Å². The molecule has 0 aliphatic heterocycles. The fraction of sp³-hybridized carbons (Fsp3) is 0.417. The molecule has 3 nitrogen and oxygen atoms in total. The van der Waals surface area contributed by atoms with Crippen molar-refractivity contribution >= 4 is 11.6 Å². The topological polar surface area (TPSA) is 55.1 Å². The van der Waals surface area contributed by atoms with Crippen LogP contribution >= 0.6 is 0 Å². The Balaban J connectivity index is 2.64. The van der Waals surface area contributed by atoms with Gasteiger partial charge in [-0.2, -0.15) is 0 Å². The van der Waals surface area contributed by atoms with Crippen LogP contribution in [0.4, 0.5) is 14.5 Å². The molecule has 94 valence electrons. The number of carbonyl (C=O) groups excluding carboxylic acids is 1. The minimum absolute atomic E-state index is 0.179. The second-order valence-corrected chi connectivity index (χ2v) is 3.84. The number of hydrogen-bond donors (Lipinski definition) is 2. The molecule has 0 heterocycles. The van der Waals surface area contributed by atoms with Crippen molar-refractivity contribution < 1.29 is 13.6 Å². The first-order valence-electron chi connectivity index (χ1n) is 5.56. The number of anilines is 1. The van der Waals surface area contributed by atoms with Crippen LogP contribution in [0.15, 0.2) is 18.2 Å². The minimum Gasteiger partial charge on any atom is -0.322 e. The normalized spacial score (nSPS) is 12.2. The minimum atomic E-state index is -1.07. The predicted octanol–water partition coefficient (Wildman–Crippen LogP) is 2.42. The van der Waals surface area contributed by atoms with Crippen molar-refractivity contribution in [1.29, 1.82) is 0 Å². The lowest BCUT2D eigenvalue weighted by molar-refractivity contribution is -0.117. The quantitative estimate of drug-likeness (QED) is 0.833.